The predicted octanol–water partition coefficient (Wildman–Crippen LogP) is 4.76. The molecule has 1 amide bonds. The predicted molar refractivity (Wildman–Crippen MR) is 160 cm³/mol. The number of rotatable bonds is 8. The van der Waals surface area contributed by atoms with Crippen molar-refractivity contribution in [3.8, 4) is 0 Å². The Balaban J connectivity index is 1.07. The van der Waals surface area contributed by atoms with Crippen LogP contribution in [0, 0.1) is 5.92 Å². The van der Waals surface area contributed by atoms with Crippen LogP contribution in [0.1, 0.15) is 62.0 Å². The number of alkyl carbamates (subject to hydrolysis) is 1. The van der Waals surface area contributed by atoms with Crippen LogP contribution < -0.4 is 10.9 Å². The standard InChI is InChI=1S/C31H34ClN3O7S/c32-19-42-29(37)22-9-7-21(8-10-22)23-4-1-3-20(17-23)18-41-30(38)34-27-12-16-35(31(27)13-14-31)43(39,40)26-6-2-5-25-24(26)11-15-33-28(25)36/h1-6,11,15,17,21-22,27H,7-10,12-14,16,18-19H2,(H,33,36)(H,34,38). The molecule has 2 aliphatic carbocycles. The van der Waals surface area contributed by atoms with Crippen molar-refractivity contribution >= 4 is 44.5 Å². The number of halogens is 1. The molecule has 3 aliphatic rings. The Morgan fingerprint density at radius 2 is 1.77 bits per heavy atom. The first kappa shape index (κ1) is 29.7. The Morgan fingerprint density at radius 3 is 2.51 bits per heavy atom. The number of pyridine rings is 1. The van der Waals surface area contributed by atoms with Crippen LogP contribution in [0.25, 0.3) is 10.8 Å². The summed E-state index contributed by atoms with van der Waals surface area (Å²) >= 11 is 5.52. The van der Waals surface area contributed by atoms with Crippen molar-refractivity contribution in [3.05, 3.63) is 76.2 Å². The molecule has 0 radical (unpaired) electrons. The van der Waals surface area contributed by atoms with Crippen molar-refractivity contribution in [2.24, 2.45) is 5.92 Å². The van der Waals surface area contributed by atoms with Crippen LogP contribution in [0.5, 0.6) is 0 Å². The van der Waals surface area contributed by atoms with E-state index in [4.69, 9.17) is 21.1 Å². The van der Waals surface area contributed by atoms with E-state index in [0.29, 0.717) is 36.0 Å². The fraction of sp³-hybridized carbons (Fsp3) is 0.452. The molecule has 2 aromatic carbocycles. The zero-order valence-corrected chi connectivity index (χ0v) is 25.2. The fourth-order valence-corrected chi connectivity index (χ4v) is 9.03. The molecule has 1 aromatic heterocycles. The Hall–Kier alpha value is -3.41. The van der Waals surface area contributed by atoms with Crippen molar-refractivity contribution in [2.75, 3.05) is 12.6 Å². The summed E-state index contributed by atoms with van der Waals surface area (Å²) in [6.45, 7) is 0.351. The number of aromatic amines is 1. The number of aromatic nitrogens is 1. The lowest BCUT2D eigenvalue weighted by atomic mass is 9.78. The number of hydrogen-bond acceptors (Lipinski definition) is 7. The number of H-pyrrole nitrogens is 1. The quantitative estimate of drug-likeness (QED) is 0.271. The monoisotopic (exact) mass is 627 g/mol. The molecule has 2 N–H and O–H groups in total. The summed E-state index contributed by atoms with van der Waals surface area (Å²) in [4.78, 5) is 39.8. The van der Waals surface area contributed by atoms with Crippen molar-refractivity contribution in [1.29, 1.82) is 0 Å². The van der Waals surface area contributed by atoms with Gasteiger partial charge < -0.3 is 19.8 Å². The molecule has 0 bridgehead atoms. The third-order valence-electron chi connectivity index (χ3n) is 9.21. The maximum atomic E-state index is 13.8. The van der Waals surface area contributed by atoms with Crippen molar-refractivity contribution in [1.82, 2.24) is 14.6 Å². The topological polar surface area (TPSA) is 135 Å². The normalized spacial score (nSPS) is 23.2. The van der Waals surface area contributed by atoms with Gasteiger partial charge in [-0.3, -0.25) is 9.59 Å². The molecule has 1 saturated heterocycles. The van der Waals surface area contributed by atoms with E-state index in [9.17, 15) is 22.8 Å². The van der Waals surface area contributed by atoms with E-state index in [1.165, 1.54) is 16.6 Å². The van der Waals surface area contributed by atoms with Gasteiger partial charge >= 0.3 is 12.1 Å². The van der Waals surface area contributed by atoms with E-state index < -0.39 is 21.7 Å². The van der Waals surface area contributed by atoms with E-state index in [0.717, 1.165) is 36.8 Å². The number of hydrogen-bond donors (Lipinski definition) is 2. The Morgan fingerprint density at radius 1 is 1.00 bits per heavy atom. The highest BCUT2D eigenvalue weighted by atomic mass is 35.5. The number of ether oxygens (including phenoxy) is 2. The number of carbonyl (C=O) groups excluding carboxylic acids is 2. The molecule has 43 heavy (non-hydrogen) atoms. The summed E-state index contributed by atoms with van der Waals surface area (Å²) in [6.07, 6.45) is 5.83. The summed E-state index contributed by atoms with van der Waals surface area (Å²) < 4.78 is 39.7. The molecule has 12 heteroatoms. The molecule has 1 unspecified atom stereocenters. The van der Waals surface area contributed by atoms with Gasteiger partial charge in [0.2, 0.25) is 10.0 Å². The zero-order chi connectivity index (χ0) is 30.2. The molecular weight excluding hydrogens is 594 g/mol. The number of carbonyl (C=O) groups is 2. The molecule has 1 spiro atoms. The minimum Gasteiger partial charge on any atom is -0.449 e. The largest absolute Gasteiger partial charge is 0.449 e. The number of benzene rings is 2. The number of fused-ring (bicyclic) bond motifs is 1. The van der Waals surface area contributed by atoms with Crippen molar-refractivity contribution in [3.63, 3.8) is 0 Å². The first-order valence-electron chi connectivity index (χ1n) is 14.6. The summed E-state index contributed by atoms with van der Waals surface area (Å²) in [5, 5.41) is 3.62. The molecule has 2 heterocycles. The van der Waals surface area contributed by atoms with Crippen LogP contribution in [-0.4, -0.2) is 54.0 Å². The van der Waals surface area contributed by atoms with Crippen LogP contribution >= 0.6 is 11.6 Å². The molecule has 3 fully saturated rings. The number of sulfonamides is 1. The summed E-state index contributed by atoms with van der Waals surface area (Å²) in [5.41, 5.74) is 0.964. The third kappa shape index (κ3) is 5.77. The van der Waals surface area contributed by atoms with Crippen molar-refractivity contribution < 1.29 is 27.5 Å². The van der Waals surface area contributed by atoms with Crippen LogP contribution in [0.2, 0.25) is 0 Å². The second-order valence-electron chi connectivity index (χ2n) is 11.6. The van der Waals surface area contributed by atoms with Gasteiger partial charge in [0.1, 0.15) is 6.61 Å². The first-order chi connectivity index (χ1) is 20.7. The van der Waals surface area contributed by atoms with Gasteiger partial charge in [0, 0.05) is 23.5 Å². The number of nitrogens with zero attached hydrogens (tertiary/aromatic N) is 1. The number of nitrogens with one attached hydrogen (secondary N) is 2. The molecule has 1 aliphatic heterocycles. The van der Waals surface area contributed by atoms with E-state index >= 15 is 0 Å². The van der Waals surface area contributed by atoms with Gasteiger partial charge in [0.25, 0.3) is 5.56 Å². The van der Waals surface area contributed by atoms with Crippen LogP contribution in [0.15, 0.2) is 64.4 Å². The highest BCUT2D eigenvalue weighted by Gasteiger charge is 2.62. The van der Waals surface area contributed by atoms with E-state index in [2.05, 4.69) is 16.4 Å². The van der Waals surface area contributed by atoms with Crippen LogP contribution in [0.4, 0.5) is 4.79 Å². The smallest absolute Gasteiger partial charge is 0.407 e. The number of amides is 1. The van der Waals surface area contributed by atoms with E-state index in [1.807, 2.05) is 18.2 Å². The lowest BCUT2D eigenvalue weighted by Crippen LogP contribution is -2.48. The summed E-state index contributed by atoms with van der Waals surface area (Å²) in [7, 11) is -3.92. The maximum absolute atomic E-state index is 13.8. The maximum Gasteiger partial charge on any atom is 0.407 e. The Bertz CT molecular complexity index is 1700. The Kier molecular flexibility index (Phi) is 8.23. The number of esters is 1. The van der Waals surface area contributed by atoms with Gasteiger partial charge in [-0.05, 0) is 80.2 Å². The van der Waals surface area contributed by atoms with Gasteiger partial charge in [-0.25, -0.2) is 13.2 Å². The van der Waals surface area contributed by atoms with Crippen LogP contribution in [-0.2, 0) is 30.9 Å². The molecular formula is C31H34ClN3O7S. The molecule has 10 nitrogen and oxygen atoms in total. The Labute approximate surface area is 254 Å². The minimum atomic E-state index is -3.92. The van der Waals surface area contributed by atoms with Gasteiger partial charge in [0.15, 0.2) is 6.07 Å². The van der Waals surface area contributed by atoms with Gasteiger partial charge in [-0.15, -0.1) is 0 Å². The summed E-state index contributed by atoms with van der Waals surface area (Å²) in [6, 6.07) is 13.8. The lowest BCUT2D eigenvalue weighted by Gasteiger charge is -2.28. The molecule has 228 valence electrons. The SMILES string of the molecule is O=C(NC1CCN(S(=O)(=O)c2cccc3c(=O)[nH]ccc23)C12CC2)OCc1cccc(C2CCC(C(=O)OCCl)CC2)c1. The average molecular weight is 628 g/mol. The lowest BCUT2D eigenvalue weighted by molar-refractivity contribution is -0.147. The molecule has 6 rings (SSSR count). The first-order valence-corrected chi connectivity index (χ1v) is 16.6. The number of alkyl halides is 1. The van der Waals surface area contributed by atoms with E-state index in [-0.39, 0.29) is 47.6 Å². The third-order valence-corrected chi connectivity index (χ3v) is 11.4. The van der Waals surface area contributed by atoms with Gasteiger partial charge in [0.05, 0.1) is 22.4 Å². The van der Waals surface area contributed by atoms with Gasteiger partial charge in [-0.2, -0.15) is 4.31 Å². The van der Waals surface area contributed by atoms with Gasteiger partial charge in [-0.1, -0.05) is 41.9 Å². The average Bonchev–Trinajstić information content (AvgIpc) is 3.73. The second-order valence-corrected chi connectivity index (χ2v) is 13.7. The van der Waals surface area contributed by atoms with Crippen molar-refractivity contribution in [2.45, 2.75) is 73.9 Å². The molecule has 1 atom stereocenters. The highest BCUT2D eigenvalue weighted by molar-refractivity contribution is 7.89. The zero-order valence-electron chi connectivity index (χ0n) is 23.6. The fourth-order valence-electron chi connectivity index (χ4n) is 6.84. The van der Waals surface area contributed by atoms with Crippen LogP contribution in [0.3, 0.4) is 0 Å². The molecule has 3 aromatic rings. The minimum absolute atomic E-state index is 0.0867. The highest BCUT2D eigenvalue weighted by Crippen LogP contribution is 2.52. The summed E-state index contributed by atoms with van der Waals surface area (Å²) in [5.74, 6) is -0.0318. The second kappa shape index (κ2) is 11.9. The van der Waals surface area contributed by atoms with E-state index in [1.54, 1.807) is 18.2 Å². The molecule has 2 saturated carbocycles.